The van der Waals surface area contributed by atoms with Crippen molar-refractivity contribution in [2.24, 2.45) is 0 Å². The number of aromatic nitrogens is 2. The summed E-state index contributed by atoms with van der Waals surface area (Å²) < 4.78 is 10.6. The van der Waals surface area contributed by atoms with Gasteiger partial charge in [-0.05, 0) is 24.1 Å². The van der Waals surface area contributed by atoms with Crippen LogP contribution in [-0.2, 0) is 6.42 Å². The number of anilines is 3. The lowest BCUT2D eigenvalue weighted by Gasteiger charge is -2.35. The predicted molar refractivity (Wildman–Crippen MR) is 114 cm³/mol. The van der Waals surface area contributed by atoms with E-state index in [1.54, 1.807) is 20.5 Å². The number of methoxy groups -OCH3 is 2. The topological polar surface area (TPSA) is 109 Å². The molecule has 1 aliphatic rings. The third-order valence-electron chi connectivity index (χ3n) is 5.11. The molecule has 2 aromatic rings. The van der Waals surface area contributed by atoms with E-state index in [4.69, 9.17) is 20.3 Å². The van der Waals surface area contributed by atoms with Gasteiger partial charge in [0.05, 0.1) is 20.8 Å². The van der Waals surface area contributed by atoms with Crippen molar-refractivity contribution >= 4 is 17.3 Å². The van der Waals surface area contributed by atoms with Crippen molar-refractivity contribution < 1.29 is 14.6 Å². The highest BCUT2D eigenvalue weighted by atomic mass is 16.5. The number of aliphatic hydroxyl groups excluding tert-OH is 1. The monoisotopic (exact) mass is 402 g/mol. The first-order chi connectivity index (χ1) is 14.2. The molecule has 2 heterocycles. The van der Waals surface area contributed by atoms with E-state index in [9.17, 15) is 0 Å². The Morgan fingerprint density at radius 3 is 2.55 bits per heavy atom. The second kappa shape index (κ2) is 10.1. The van der Waals surface area contributed by atoms with Gasteiger partial charge in [0, 0.05) is 39.3 Å². The molecule has 0 radical (unpaired) electrons. The number of rotatable bonds is 9. The van der Waals surface area contributed by atoms with Crippen LogP contribution < -0.4 is 25.4 Å². The normalized spacial score (nSPS) is 14.7. The van der Waals surface area contributed by atoms with E-state index < -0.39 is 0 Å². The van der Waals surface area contributed by atoms with Crippen LogP contribution in [0.3, 0.4) is 0 Å². The van der Waals surface area contributed by atoms with Crippen LogP contribution in [-0.4, -0.2) is 80.1 Å². The van der Waals surface area contributed by atoms with E-state index in [1.165, 1.54) is 0 Å². The number of β-amino-alcohol motifs (C(OH)–C–C–N with tert-alkyl or cyclic N) is 1. The van der Waals surface area contributed by atoms with Gasteiger partial charge in [-0.25, -0.2) is 9.97 Å². The van der Waals surface area contributed by atoms with Gasteiger partial charge in [0.25, 0.3) is 0 Å². The van der Waals surface area contributed by atoms with Crippen molar-refractivity contribution in [1.82, 2.24) is 14.9 Å². The number of nitrogens with one attached hydrogen (secondary N) is 1. The number of nitrogens with two attached hydrogens (primary N) is 1. The van der Waals surface area contributed by atoms with Crippen LogP contribution in [0.1, 0.15) is 5.56 Å². The zero-order valence-electron chi connectivity index (χ0n) is 17.1. The van der Waals surface area contributed by atoms with Crippen LogP contribution in [0.25, 0.3) is 0 Å². The van der Waals surface area contributed by atoms with Crippen molar-refractivity contribution in [2.75, 3.05) is 76.0 Å². The van der Waals surface area contributed by atoms with Gasteiger partial charge < -0.3 is 30.5 Å². The fourth-order valence-corrected chi connectivity index (χ4v) is 3.47. The van der Waals surface area contributed by atoms with E-state index >= 15 is 0 Å². The number of hydrogen-bond acceptors (Lipinski definition) is 9. The highest BCUT2D eigenvalue weighted by Gasteiger charge is 2.20. The Kier molecular flexibility index (Phi) is 7.31. The molecule has 0 aliphatic carbocycles. The first-order valence-electron chi connectivity index (χ1n) is 9.79. The molecule has 1 aromatic heterocycles. The molecule has 9 nitrogen and oxygen atoms in total. The van der Waals surface area contributed by atoms with Crippen molar-refractivity contribution in [2.45, 2.75) is 6.42 Å². The summed E-state index contributed by atoms with van der Waals surface area (Å²) >= 11 is 0. The highest BCUT2D eigenvalue weighted by Crippen LogP contribution is 2.29. The third-order valence-corrected chi connectivity index (χ3v) is 5.11. The molecular weight excluding hydrogens is 372 g/mol. The summed E-state index contributed by atoms with van der Waals surface area (Å²) in [6.45, 7) is 4.98. The molecule has 0 bridgehead atoms. The predicted octanol–water partition coefficient (Wildman–Crippen LogP) is 0.845. The summed E-state index contributed by atoms with van der Waals surface area (Å²) in [5.74, 6) is 2.84. The molecule has 1 aliphatic heterocycles. The lowest BCUT2D eigenvalue weighted by Crippen LogP contribution is -2.47. The van der Waals surface area contributed by atoms with Gasteiger partial charge in [0.15, 0.2) is 23.1 Å². The maximum atomic E-state index is 9.08. The summed E-state index contributed by atoms with van der Waals surface area (Å²) in [5.41, 5.74) is 8.04. The average Bonchev–Trinajstić information content (AvgIpc) is 2.75. The van der Waals surface area contributed by atoms with Gasteiger partial charge in [0.2, 0.25) is 0 Å². The van der Waals surface area contributed by atoms with Gasteiger partial charge >= 0.3 is 0 Å². The molecule has 4 N–H and O–H groups in total. The number of piperazine rings is 1. The summed E-state index contributed by atoms with van der Waals surface area (Å²) in [4.78, 5) is 13.1. The zero-order valence-corrected chi connectivity index (χ0v) is 17.1. The Morgan fingerprint density at radius 2 is 1.86 bits per heavy atom. The summed E-state index contributed by atoms with van der Waals surface area (Å²) in [6.07, 6.45) is 2.34. The smallest absolute Gasteiger partial charge is 0.160 e. The SMILES string of the molecule is COc1ccc(CCNc2ncnc(N3CCN(CCO)CC3)c2N)cc1OC. The number of hydrogen-bond donors (Lipinski definition) is 3. The zero-order chi connectivity index (χ0) is 20.6. The first-order valence-corrected chi connectivity index (χ1v) is 9.79. The Bertz CT molecular complexity index is 796. The molecule has 0 amide bonds. The van der Waals surface area contributed by atoms with Crippen LogP contribution in [0, 0.1) is 0 Å². The van der Waals surface area contributed by atoms with Crippen molar-refractivity contribution in [3.05, 3.63) is 30.1 Å². The minimum atomic E-state index is 0.184. The Labute approximate surface area is 171 Å². The fraction of sp³-hybridized carbons (Fsp3) is 0.500. The highest BCUT2D eigenvalue weighted by molar-refractivity contribution is 5.75. The van der Waals surface area contributed by atoms with Crippen LogP contribution in [0.15, 0.2) is 24.5 Å². The lowest BCUT2D eigenvalue weighted by atomic mass is 10.1. The molecule has 9 heteroatoms. The average molecular weight is 402 g/mol. The number of benzene rings is 1. The van der Waals surface area contributed by atoms with Crippen molar-refractivity contribution in [1.29, 1.82) is 0 Å². The number of ether oxygens (including phenoxy) is 2. The quantitative estimate of drug-likeness (QED) is 0.562. The maximum absolute atomic E-state index is 9.08. The molecule has 0 atom stereocenters. The molecule has 0 unspecified atom stereocenters. The lowest BCUT2D eigenvalue weighted by molar-refractivity contribution is 0.188. The van der Waals surface area contributed by atoms with Crippen LogP contribution in [0.4, 0.5) is 17.3 Å². The maximum Gasteiger partial charge on any atom is 0.160 e. The van der Waals surface area contributed by atoms with Crippen molar-refractivity contribution in [3.63, 3.8) is 0 Å². The van der Waals surface area contributed by atoms with Gasteiger partial charge in [-0.15, -0.1) is 0 Å². The molecule has 3 rings (SSSR count). The molecule has 1 aromatic carbocycles. The van der Waals surface area contributed by atoms with E-state index in [0.717, 1.165) is 44.0 Å². The van der Waals surface area contributed by atoms with Crippen LogP contribution in [0.2, 0.25) is 0 Å². The largest absolute Gasteiger partial charge is 0.493 e. The molecule has 0 saturated carbocycles. The van der Waals surface area contributed by atoms with Gasteiger partial charge in [-0.2, -0.15) is 0 Å². The van der Waals surface area contributed by atoms with Gasteiger partial charge in [0.1, 0.15) is 12.0 Å². The van der Waals surface area contributed by atoms with E-state index in [1.807, 2.05) is 18.2 Å². The van der Waals surface area contributed by atoms with E-state index in [2.05, 4.69) is 25.1 Å². The molecule has 1 fully saturated rings. The third kappa shape index (κ3) is 5.18. The second-order valence-electron chi connectivity index (χ2n) is 6.88. The Hall–Kier alpha value is -2.78. The molecule has 1 saturated heterocycles. The summed E-state index contributed by atoms with van der Waals surface area (Å²) in [7, 11) is 3.26. The number of nitrogens with zero attached hydrogens (tertiary/aromatic N) is 4. The van der Waals surface area contributed by atoms with E-state index in [0.29, 0.717) is 36.1 Å². The van der Waals surface area contributed by atoms with Crippen molar-refractivity contribution in [3.8, 4) is 11.5 Å². The Morgan fingerprint density at radius 1 is 1.10 bits per heavy atom. The molecular formula is C20H30N6O3. The molecule has 0 spiro atoms. The fourth-order valence-electron chi connectivity index (χ4n) is 3.47. The molecule has 29 heavy (non-hydrogen) atoms. The first kappa shape index (κ1) is 20.9. The summed E-state index contributed by atoms with van der Waals surface area (Å²) in [5, 5.41) is 12.4. The Balaban J connectivity index is 1.59. The number of nitrogen functional groups attached to an aromatic ring is 1. The van der Waals surface area contributed by atoms with Gasteiger partial charge in [-0.3, -0.25) is 4.90 Å². The summed E-state index contributed by atoms with van der Waals surface area (Å²) in [6, 6.07) is 5.90. The van der Waals surface area contributed by atoms with Crippen LogP contribution >= 0.6 is 0 Å². The minimum Gasteiger partial charge on any atom is -0.493 e. The molecule has 158 valence electrons. The second-order valence-corrected chi connectivity index (χ2v) is 6.88. The number of aliphatic hydroxyl groups is 1. The minimum absolute atomic E-state index is 0.184. The van der Waals surface area contributed by atoms with Gasteiger partial charge in [-0.1, -0.05) is 6.07 Å². The van der Waals surface area contributed by atoms with E-state index in [-0.39, 0.29) is 6.61 Å². The standard InChI is InChI=1S/C20H30N6O3/c1-28-16-4-3-15(13-17(16)29-2)5-6-22-19-18(21)20(24-14-23-19)26-9-7-25(8-10-26)11-12-27/h3-4,13-14,27H,5-12,21H2,1-2H3,(H,22,23,24). The van der Waals surface area contributed by atoms with Crippen LogP contribution in [0.5, 0.6) is 11.5 Å².